The van der Waals surface area contributed by atoms with Crippen LogP contribution >= 0.6 is 0 Å². The van der Waals surface area contributed by atoms with Crippen LogP contribution in [-0.2, 0) is 5.41 Å². The lowest BCUT2D eigenvalue weighted by atomic mass is 9.67. The normalized spacial score (nSPS) is 12.6. The largest absolute Gasteiger partial charge is 0.455 e. The quantitative estimate of drug-likeness (QED) is 0.151. The molecule has 0 bridgehead atoms. The summed E-state index contributed by atoms with van der Waals surface area (Å²) in [5, 5.41) is 4.39. The highest BCUT2D eigenvalue weighted by molar-refractivity contribution is 6.22. The first kappa shape index (κ1) is 38.7. The highest BCUT2D eigenvalue weighted by Gasteiger charge is 2.46. The van der Waals surface area contributed by atoms with E-state index >= 15 is 0 Å². The van der Waals surface area contributed by atoms with Crippen LogP contribution in [0.25, 0.3) is 77.2 Å². The molecule has 0 atom stereocenters. The smallest absolute Gasteiger partial charge is 0.143 e. The van der Waals surface area contributed by atoms with Crippen molar-refractivity contribution in [3.8, 4) is 44.5 Å². The summed E-state index contributed by atoms with van der Waals surface area (Å²) in [5.74, 6) is 0. The average Bonchev–Trinajstić information content (AvgIpc) is 3.94. The summed E-state index contributed by atoms with van der Waals surface area (Å²) in [6.07, 6.45) is 0. The molecule has 1 aliphatic carbocycles. The molecule has 13 rings (SSSR count). The average molecular weight is 854 g/mol. The zero-order chi connectivity index (χ0) is 44.3. The van der Waals surface area contributed by atoms with Crippen LogP contribution < -0.4 is 4.90 Å². The molecule has 0 amide bonds. The van der Waals surface area contributed by atoms with Crippen molar-refractivity contribution in [2.24, 2.45) is 0 Å². The lowest BCUT2D eigenvalue weighted by Crippen LogP contribution is -2.28. The zero-order valence-corrected chi connectivity index (χ0v) is 36.7. The Kier molecular flexibility index (Phi) is 9.11. The molecule has 0 saturated heterocycles. The first-order valence-electron chi connectivity index (χ1n) is 23.1. The molecule has 1 heterocycles. The molecule has 0 radical (unpaired) electrons. The molecule has 67 heavy (non-hydrogen) atoms. The fourth-order valence-electron chi connectivity index (χ4n) is 11.0. The van der Waals surface area contributed by atoms with Crippen molar-refractivity contribution in [1.29, 1.82) is 0 Å². The van der Waals surface area contributed by atoms with Gasteiger partial charge in [0.05, 0.1) is 16.5 Å². The van der Waals surface area contributed by atoms with Gasteiger partial charge in [0.25, 0.3) is 0 Å². The minimum atomic E-state index is -0.552. The third-order valence-corrected chi connectivity index (χ3v) is 13.9. The summed E-state index contributed by atoms with van der Waals surface area (Å²) in [7, 11) is 0. The van der Waals surface area contributed by atoms with Crippen LogP contribution in [0.3, 0.4) is 0 Å². The molecule has 0 unspecified atom stereocenters. The number of fused-ring (bicyclic) bond motifs is 8. The van der Waals surface area contributed by atoms with E-state index in [1.807, 2.05) is 0 Å². The van der Waals surface area contributed by atoms with Crippen LogP contribution in [0.5, 0.6) is 0 Å². The van der Waals surface area contributed by atoms with Crippen molar-refractivity contribution in [3.63, 3.8) is 0 Å². The second-order valence-electron chi connectivity index (χ2n) is 17.6. The van der Waals surface area contributed by atoms with E-state index in [0.29, 0.717) is 0 Å². The van der Waals surface area contributed by atoms with Crippen molar-refractivity contribution in [3.05, 3.63) is 283 Å². The van der Waals surface area contributed by atoms with Gasteiger partial charge in [-0.1, -0.05) is 212 Å². The number of benzene rings is 11. The lowest BCUT2D eigenvalue weighted by Gasteiger charge is -2.35. The monoisotopic (exact) mass is 853 g/mol. The van der Waals surface area contributed by atoms with Gasteiger partial charge in [0, 0.05) is 22.1 Å². The maximum absolute atomic E-state index is 7.03. The molecule has 0 N–H and O–H groups in total. The van der Waals surface area contributed by atoms with Gasteiger partial charge in [-0.25, -0.2) is 0 Å². The number of hydrogen-bond donors (Lipinski definition) is 0. The van der Waals surface area contributed by atoms with Crippen LogP contribution in [0.2, 0.25) is 0 Å². The molecule has 0 aliphatic heterocycles. The molecule has 314 valence electrons. The Morgan fingerprint density at radius 2 is 0.851 bits per heavy atom. The summed E-state index contributed by atoms with van der Waals surface area (Å²) < 4.78 is 7.03. The Hall–Kier alpha value is -8.72. The van der Waals surface area contributed by atoms with E-state index in [9.17, 15) is 0 Å². The Bertz CT molecular complexity index is 3740. The number of furan rings is 1. The number of rotatable bonds is 8. The highest BCUT2D eigenvalue weighted by Crippen LogP contribution is 2.58. The van der Waals surface area contributed by atoms with Gasteiger partial charge in [0.15, 0.2) is 0 Å². The molecule has 0 fully saturated rings. The van der Waals surface area contributed by atoms with E-state index in [2.05, 4.69) is 266 Å². The van der Waals surface area contributed by atoms with Crippen LogP contribution in [0.15, 0.2) is 265 Å². The molecule has 1 aromatic heterocycles. The number of anilines is 3. The van der Waals surface area contributed by atoms with Gasteiger partial charge in [-0.15, -0.1) is 0 Å². The maximum Gasteiger partial charge on any atom is 0.143 e. The minimum Gasteiger partial charge on any atom is -0.455 e. The number of hydrogen-bond acceptors (Lipinski definition) is 2. The standard InChI is InChI=1S/C65H43NO/c1-5-19-44(20-6-1)46-35-37-51(38-36-46)66(52-39-40-55-54-30-15-16-32-59(54)65(60(55)42-52,49-25-9-3-10-26-49)50-27-11-4-12-28-50)61-33-18-34-62-63(61)58-43-57(53-29-13-14-31-56(53)64(58)67-62)48-24-17-23-47(41-48)45-21-7-2-8-22-45/h1-43H. The van der Waals surface area contributed by atoms with Gasteiger partial charge < -0.3 is 9.32 Å². The van der Waals surface area contributed by atoms with E-state index < -0.39 is 5.41 Å². The summed E-state index contributed by atoms with van der Waals surface area (Å²) in [6, 6.07) is 95.0. The Morgan fingerprint density at radius 1 is 0.313 bits per heavy atom. The SMILES string of the molecule is c1ccc(-c2ccc(N(c3ccc4c(c3)C(c3ccccc3)(c3ccccc3)c3ccccc3-4)c3cccc4oc5c6ccccc6c(-c6cccc(-c7ccccc7)c6)cc5c34)cc2)cc1. The van der Waals surface area contributed by atoms with Gasteiger partial charge >= 0.3 is 0 Å². The van der Waals surface area contributed by atoms with Crippen molar-refractivity contribution in [2.75, 3.05) is 4.90 Å². The molecule has 2 heteroatoms. The second kappa shape index (κ2) is 15.8. The van der Waals surface area contributed by atoms with Crippen LogP contribution in [0.4, 0.5) is 17.1 Å². The summed E-state index contributed by atoms with van der Waals surface area (Å²) in [6.45, 7) is 0. The third-order valence-electron chi connectivity index (χ3n) is 13.9. The summed E-state index contributed by atoms with van der Waals surface area (Å²) >= 11 is 0. The minimum absolute atomic E-state index is 0.552. The molecule has 12 aromatic rings. The van der Waals surface area contributed by atoms with E-state index in [1.165, 1.54) is 61.2 Å². The molecular formula is C65H43NO. The van der Waals surface area contributed by atoms with Gasteiger partial charge in [0.1, 0.15) is 11.2 Å². The Labute approximate surface area is 390 Å². The van der Waals surface area contributed by atoms with Crippen LogP contribution in [0.1, 0.15) is 22.3 Å². The fraction of sp³-hybridized carbons (Fsp3) is 0.0154. The van der Waals surface area contributed by atoms with Crippen molar-refractivity contribution in [1.82, 2.24) is 0 Å². The maximum atomic E-state index is 7.03. The van der Waals surface area contributed by atoms with Crippen LogP contribution in [0, 0.1) is 0 Å². The fourth-order valence-corrected chi connectivity index (χ4v) is 11.0. The first-order valence-corrected chi connectivity index (χ1v) is 23.1. The van der Waals surface area contributed by atoms with Crippen molar-refractivity contribution < 1.29 is 4.42 Å². The molecule has 2 nitrogen and oxygen atoms in total. The molecule has 11 aromatic carbocycles. The third kappa shape index (κ3) is 6.18. The van der Waals surface area contributed by atoms with E-state index in [4.69, 9.17) is 4.42 Å². The van der Waals surface area contributed by atoms with Crippen molar-refractivity contribution >= 4 is 49.8 Å². The van der Waals surface area contributed by atoms with Gasteiger partial charge in [-0.3, -0.25) is 0 Å². The Morgan fingerprint density at radius 3 is 1.57 bits per heavy atom. The van der Waals surface area contributed by atoms with Gasteiger partial charge in [-0.05, 0) is 121 Å². The Balaban J connectivity index is 1.08. The first-order chi connectivity index (χ1) is 33.2. The topological polar surface area (TPSA) is 16.4 Å². The molecular weight excluding hydrogens is 811 g/mol. The lowest BCUT2D eigenvalue weighted by molar-refractivity contribution is 0.672. The van der Waals surface area contributed by atoms with Crippen LogP contribution in [-0.4, -0.2) is 0 Å². The predicted molar refractivity (Wildman–Crippen MR) is 280 cm³/mol. The molecule has 0 saturated carbocycles. The van der Waals surface area contributed by atoms with Gasteiger partial charge in [-0.2, -0.15) is 0 Å². The summed E-state index contributed by atoms with van der Waals surface area (Å²) in [4.78, 5) is 2.45. The van der Waals surface area contributed by atoms with E-state index in [1.54, 1.807) is 0 Å². The summed E-state index contributed by atoms with van der Waals surface area (Å²) in [5.41, 5.74) is 18.9. The van der Waals surface area contributed by atoms with E-state index in [0.717, 1.165) is 55.3 Å². The number of nitrogens with zero attached hydrogens (tertiary/aromatic N) is 1. The zero-order valence-electron chi connectivity index (χ0n) is 36.7. The van der Waals surface area contributed by atoms with Gasteiger partial charge in [0.2, 0.25) is 0 Å². The predicted octanol–water partition coefficient (Wildman–Crippen LogP) is 17.6. The second-order valence-corrected chi connectivity index (χ2v) is 17.6. The van der Waals surface area contributed by atoms with Crippen molar-refractivity contribution in [2.45, 2.75) is 5.41 Å². The molecule has 1 aliphatic rings. The highest BCUT2D eigenvalue weighted by atomic mass is 16.3. The van der Waals surface area contributed by atoms with E-state index in [-0.39, 0.29) is 0 Å². The molecule has 0 spiro atoms.